The number of phenols is 1. The normalized spacial score (nSPS) is 14.2. The molecule has 0 radical (unpaired) electrons. The second-order valence-corrected chi connectivity index (χ2v) is 19.8. The molecule has 1 aromatic heterocycles. The topological polar surface area (TPSA) is 234 Å². The van der Waals surface area contributed by atoms with Crippen molar-refractivity contribution in [1.82, 2.24) is 4.98 Å². The van der Waals surface area contributed by atoms with Gasteiger partial charge >= 0.3 is 17.9 Å². The zero-order chi connectivity index (χ0) is 59.5. The van der Waals surface area contributed by atoms with Gasteiger partial charge < -0.3 is 62.7 Å². The first kappa shape index (κ1) is 62.9. The number of carboxylic acids is 1. The molecule has 0 saturated heterocycles. The number of phenolic OH excluding ortho intramolecular Hbond substituents is 1. The molecular formula is C62H69ClFNO17. The van der Waals surface area contributed by atoms with Crippen LogP contribution < -0.4 is 37.9 Å². The number of Topliss-reactive ketones (excluding diaryl/α,β-unsaturated/α-hetero) is 1. The minimum Gasteiger partial charge on any atom is -0.504 e. The Bertz CT molecular complexity index is 3160. The van der Waals surface area contributed by atoms with E-state index in [0.717, 1.165) is 44.9 Å². The van der Waals surface area contributed by atoms with E-state index in [1.165, 1.54) is 90.9 Å². The number of carboxylic acid groups (broad SMARTS) is 1. The van der Waals surface area contributed by atoms with E-state index in [2.05, 4.69) is 14.5 Å². The summed E-state index contributed by atoms with van der Waals surface area (Å²) in [6.07, 6.45) is 10.9. The lowest BCUT2D eigenvalue weighted by atomic mass is 9.92. The summed E-state index contributed by atoms with van der Waals surface area (Å²) < 4.78 is 66.2. The molecule has 3 aliphatic carbocycles. The quantitative estimate of drug-likeness (QED) is 0.0476. The number of carbonyl (C=O) groups is 4. The van der Waals surface area contributed by atoms with Crippen LogP contribution in [0.15, 0.2) is 103 Å². The van der Waals surface area contributed by atoms with Gasteiger partial charge in [-0.2, -0.15) is 0 Å². The molecule has 1 atom stereocenters. The predicted molar refractivity (Wildman–Crippen MR) is 302 cm³/mol. The number of nitrogens with zero attached hydrogens (tertiary/aromatic N) is 1. The maximum absolute atomic E-state index is 13.7. The number of hydrogen-bond acceptors (Lipinski definition) is 17. The Kier molecular flexibility index (Phi) is 23.0. The van der Waals surface area contributed by atoms with Gasteiger partial charge in [-0.3, -0.25) is 4.79 Å². The maximum atomic E-state index is 13.7. The number of carbonyl (C=O) groups excluding carboxylic acids is 3. The number of aromatic hydroxyl groups is 1. The molecule has 0 bridgehead atoms. The number of methoxy groups -OCH3 is 7. The van der Waals surface area contributed by atoms with Crippen molar-refractivity contribution in [3.8, 4) is 63.0 Å². The molecule has 3 saturated carbocycles. The lowest BCUT2D eigenvalue weighted by Gasteiger charge is -2.27. The molecule has 0 amide bonds. The molecule has 18 nitrogen and oxygen atoms in total. The molecule has 0 spiro atoms. The summed E-state index contributed by atoms with van der Waals surface area (Å²) in [6, 6.07) is 26.7. The highest BCUT2D eigenvalue weighted by Gasteiger charge is 2.29. The van der Waals surface area contributed by atoms with Crippen molar-refractivity contribution in [1.29, 1.82) is 0 Å². The van der Waals surface area contributed by atoms with Crippen molar-refractivity contribution in [3.63, 3.8) is 0 Å². The van der Waals surface area contributed by atoms with Gasteiger partial charge in [0, 0.05) is 17.5 Å². The Morgan fingerprint density at radius 2 is 0.963 bits per heavy atom. The fourth-order valence-electron chi connectivity index (χ4n) is 8.16. The third kappa shape index (κ3) is 16.9. The SMILES string of the molecule is COC(=O)c1ccc(O)c(OC)c1.COC(=O)c1ccc(OC2CCC2)c(OC)c1.COc1cc(C(=O)CCC(C)(O)c2ccc(OC)c(-c3ccc(F)c(Cl)c3)n2)ccc1OC1CCC1.COc1cc(C(=O)O)ccc1OC1CCC1. The number of hydrogen-bond donors (Lipinski definition) is 3. The molecule has 6 aromatic rings. The van der Waals surface area contributed by atoms with E-state index in [1.54, 1.807) is 81.8 Å². The van der Waals surface area contributed by atoms with Gasteiger partial charge in [0.25, 0.3) is 0 Å². The zero-order valence-electron chi connectivity index (χ0n) is 47.1. The van der Waals surface area contributed by atoms with E-state index >= 15 is 0 Å². The van der Waals surface area contributed by atoms with Gasteiger partial charge in [0.2, 0.25) is 0 Å². The molecule has 438 valence electrons. The zero-order valence-corrected chi connectivity index (χ0v) is 47.8. The highest BCUT2D eigenvalue weighted by Crippen LogP contribution is 2.38. The van der Waals surface area contributed by atoms with Gasteiger partial charge in [0.15, 0.2) is 51.8 Å². The number of benzene rings is 5. The van der Waals surface area contributed by atoms with Crippen LogP contribution in [-0.4, -0.2) is 112 Å². The number of aromatic nitrogens is 1. The number of aliphatic hydroxyl groups is 1. The summed E-state index contributed by atoms with van der Waals surface area (Å²) in [5.41, 5.74) is 1.40. The Hall–Kier alpha value is -8.29. The molecule has 5 aromatic carbocycles. The molecular weight excluding hydrogens is 1090 g/mol. The van der Waals surface area contributed by atoms with Crippen LogP contribution in [0.2, 0.25) is 5.02 Å². The molecule has 3 fully saturated rings. The largest absolute Gasteiger partial charge is 0.504 e. The molecule has 3 aliphatic rings. The van der Waals surface area contributed by atoms with E-state index in [9.17, 15) is 33.8 Å². The molecule has 0 aliphatic heterocycles. The van der Waals surface area contributed by atoms with Gasteiger partial charge in [0.05, 0.1) is 95.5 Å². The van der Waals surface area contributed by atoms with E-state index in [-0.39, 0.29) is 65.0 Å². The molecule has 3 N–H and O–H groups in total. The van der Waals surface area contributed by atoms with Gasteiger partial charge in [-0.15, -0.1) is 0 Å². The van der Waals surface area contributed by atoms with Crippen LogP contribution in [0.3, 0.4) is 0 Å². The number of pyridine rings is 1. The third-order valence-corrected chi connectivity index (χ3v) is 14.1. The van der Waals surface area contributed by atoms with Gasteiger partial charge in [-0.1, -0.05) is 11.6 Å². The van der Waals surface area contributed by atoms with Crippen LogP contribution in [0, 0.1) is 5.82 Å². The average molecular weight is 1150 g/mol. The fraction of sp³-hybridized carbons (Fsp3) is 0.371. The van der Waals surface area contributed by atoms with Gasteiger partial charge in [-0.25, -0.2) is 23.8 Å². The summed E-state index contributed by atoms with van der Waals surface area (Å²) in [4.78, 5) is 50.7. The van der Waals surface area contributed by atoms with Crippen LogP contribution in [-0.2, 0) is 15.1 Å². The minimum atomic E-state index is -1.40. The lowest BCUT2D eigenvalue weighted by molar-refractivity contribution is 0.0397. The number of aromatic carboxylic acids is 1. The monoisotopic (exact) mass is 1150 g/mol. The highest BCUT2D eigenvalue weighted by molar-refractivity contribution is 6.31. The minimum absolute atomic E-state index is 0.00449. The number of rotatable bonds is 20. The van der Waals surface area contributed by atoms with E-state index in [4.69, 9.17) is 54.6 Å². The molecule has 1 heterocycles. The standard InChI is InChI=1S/C28H29ClFNO5.C13H16O4.C12H14O4.C9H10O4/c1-28(33,26-12-11-24(34-2)27(31-26)18-7-9-21(30)20(29)15-18)14-13-22(32)17-8-10-23(25(16-17)35-3)36-19-5-4-6-19;1-15-12-8-9(13(14)16-2)6-7-11(12)17-10-4-3-5-10;1-15-11-7-8(12(13)14)5-6-10(11)16-9-3-2-4-9;1-12-8-5-6(9(11)13-2)3-4-7(8)10/h7-12,15-16,19,33H,4-6,13-14H2,1-3H3;6-8,10H,3-5H2,1-2H3;5-7,9H,2-4H2,1H3,(H,13,14);3-5,10H,1-2H3. The number of esters is 2. The van der Waals surface area contributed by atoms with Crippen LogP contribution in [0.1, 0.15) is 125 Å². The summed E-state index contributed by atoms with van der Waals surface area (Å²) in [7, 11) is 10.2. The van der Waals surface area contributed by atoms with E-state index in [1.807, 2.05) is 0 Å². The van der Waals surface area contributed by atoms with Gasteiger partial charge in [0.1, 0.15) is 22.9 Å². The van der Waals surface area contributed by atoms with E-state index < -0.39 is 23.4 Å². The summed E-state index contributed by atoms with van der Waals surface area (Å²) in [6.45, 7) is 1.60. The van der Waals surface area contributed by atoms with Crippen molar-refractivity contribution in [2.75, 3.05) is 49.8 Å². The number of ketones is 1. The summed E-state index contributed by atoms with van der Waals surface area (Å²) in [5.74, 6) is 1.71. The summed E-state index contributed by atoms with van der Waals surface area (Å²) >= 11 is 5.95. The van der Waals surface area contributed by atoms with Crippen molar-refractivity contribution in [3.05, 3.63) is 142 Å². The average Bonchev–Trinajstić information content (AvgIpc) is 3.67. The summed E-state index contributed by atoms with van der Waals surface area (Å²) in [5, 5.41) is 29.2. The smallest absolute Gasteiger partial charge is 0.337 e. The van der Waals surface area contributed by atoms with Crippen LogP contribution in [0.4, 0.5) is 4.39 Å². The Morgan fingerprint density at radius 3 is 1.39 bits per heavy atom. The highest BCUT2D eigenvalue weighted by atomic mass is 35.5. The molecule has 9 rings (SSSR count). The van der Waals surface area contributed by atoms with Crippen molar-refractivity contribution in [2.45, 2.75) is 101 Å². The van der Waals surface area contributed by atoms with Crippen molar-refractivity contribution < 1.29 is 86.3 Å². The Labute approximate surface area is 480 Å². The first-order valence-electron chi connectivity index (χ1n) is 26.4. The maximum Gasteiger partial charge on any atom is 0.337 e. The predicted octanol–water partition coefficient (Wildman–Crippen LogP) is 12.3. The number of halogens is 2. The van der Waals surface area contributed by atoms with Crippen LogP contribution >= 0.6 is 11.6 Å². The Balaban J connectivity index is 0.000000195. The lowest BCUT2D eigenvalue weighted by Crippen LogP contribution is -2.25. The first-order chi connectivity index (χ1) is 39.3. The van der Waals surface area contributed by atoms with Crippen molar-refractivity contribution >= 4 is 35.3 Å². The van der Waals surface area contributed by atoms with Crippen LogP contribution in [0.25, 0.3) is 11.3 Å². The second kappa shape index (κ2) is 30.0. The third-order valence-electron chi connectivity index (χ3n) is 13.8. The molecule has 20 heteroatoms. The van der Waals surface area contributed by atoms with E-state index in [0.29, 0.717) is 73.9 Å². The second-order valence-electron chi connectivity index (χ2n) is 19.4. The Morgan fingerprint density at radius 1 is 0.549 bits per heavy atom. The van der Waals surface area contributed by atoms with Crippen molar-refractivity contribution in [2.24, 2.45) is 0 Å². The molecule has 82 heavy (non-hydrogen) atoms. The molecule has 1 unspecified atom stereocenters. The van der Waals surface area contributed by atoms with Crippen LogP contribution in [0.5, 0.6) is 51.7 Å². The number of ether oxygens (including phenoxy) is 10. The fourth-order valence-corrected chi connectivity index (χ4v) is 8.34. The first-order valence-corrected chi connectivity index (χ1v) is 26.8. The van der Waals surface area contributed by atoms with Gasteiger partial charge in [-0.05, 0) is 174 Å².